The van der Waals surface area contributed by atoms with Gasteiger partial charge in [-0.15, -0.1) is 0 Å². The Labute approximate surface area is 97.0 Å². The molecule has 0 amide bonds. The average Bonchev–Trinajstić information content (AvgIpc) is 2.34. The van der Waals surface area contributed by atoms with Crippen molar-refractivity contribution in [3.05, 3.63) is 29.8 Å². The molecule has 1 aromatic carbocycles. The highest BCUT2D eigenvalue weighted by Gasteiger charge is 1.94. The van der Waals surface area contributed by atoms with Gasteiger partial charge in [-0.2, -0.15) is 5.26 Å². The first kappa shape index (κ1) is 12.5. The molecule has 0 atom stereocenters. The number of rotatable bonds is 7. The smallest absolute Gasteiger partial charge is 0.0992 e. The third kappa shape index (κ3) is 4.81. The molecule has 0 bridgehead atoms. The minimum Gasteiger partial charge on any atom is -0.383 e. The number of benzene rings is 1. The Hall–Kier alpha value is -1.53. The lowest BCUT2D eigenvalue weighted by Crippen LogP contribution is -2.09. The fourth-order valence-corrected chi connectivity index (χ4v) is 1.31. The Morgan fingerprint density at radius 3 is 3.00 bits per heavy atom. The van der Waals surface area contributed by atoms with Gasteiger partial charge >= 0.3 is 0 Å². The molecule has 0 saturated heterocycles. The summed E-state index contributed by atoms with van der Waals surface area (Å²) in [6.07, 6.45) is 2.28. The molecule has 0 aliphatic carbocycles. The SMILES string of the molecule is CCCCOCCNc1cccc(C#N)c1. The standard InChI is InChI=1S/C13H18N2O/c1-2-3-8-16-9-7-15-13-6-4-5-12(10-13)11-14/h4-6,10,15H,2-3,7-9H2,1H3. The molecule has 0 unspecified atom stereocenters. The number of nitrogens with one attached hydrogen (secondary N) is 1. The van der Waals surface area contributed by atoms with Gasteiger partial charge in [0.05, 0.1) is 18.2 Å². The van der Waals surface area contributed by atoms with Crippen LogP contribution in [0.15, 0.2) is 24.3 Å². The third-order valence-corrected chi connectivity index (χ3v) is 2.21. The molecule has 1 rings (SSSR count). The molecule has 0 heterocycles. The van der Waals surface area contributed by atoms with Gasteiger partial charge in [-0.25, -0.2) is 0 Å². The largest absolute Gasteiger partial charge is 0.383 e. The average molecular weight is 218 g/mol. The molecule has 0 fully saturated rings. The molecular formula is C13H18N2O. The van der Waals surface area contributed by atoms with Crippen LogP contribution in [0.4, 0.5) is 5.69 Å². The summed E-state index contributed by atoms with van der Waals surface area (Å²) < 4.78 is 5.42. The predicted molar refractivity (Wildman–Crippen MR) is 65.4 cm³/mol. The zero-order valence-electron chi connectivity index (χ0n) is 9.70. The molecular weight excluding hydrogens is 200 g/mol. The van der Waals surface area contributed by atoms with E-state index in [2.05, 4.69) is 18.3 Å². The lowest BCUT2D eigenvalue weighted by atomic mass is 10.2. The van der Waals surface area contributed by atoms with Gasteiger partial charge in [0.15, 0.2) is 0 Å². The molecule has 1 aromatic rings. The third-order valence-electron chi connectivity index (χ3n) is 2.21. The summed E-state index contributed by atoms with van der Waals surface area (Å²) in [4.78, 5) is 0. The summed E-state index contributed by atoms with van der Waals surface area (Å²) in [7, 11) is 0. The topological polar surface area (TPSA) is 45.0 Å². The van der Waals surface area contributed by atoms with E-state index in [9.17, 15) is 0 Å². The van der Waals surface area contributed by atoms with Crippen molar-refractivity contribution < 1.29 is 4.74 Å². The van der Waals surface area contributed by atoms with E-state index in [0.29, 0.717) is 12.2 Å². The van der Waals surface area contributed by atoms with Crippen molar-refractivity contribution >= 4 is 5.69 Å². The van der Waals surface area contributed by atoms with Crippen molar-refractivity contribution in [2.75, 3.05) is 25.1 Å². The Kier molecular flexibility index (Phi) is 6.05. The maximum atomic E-state index is 8.73. The minimum absolute atomic E-state index is 0.678. The molecule has 16 heavy (non-hydrogen) atoms. The van der Waals surface area contributed by atoms with Crippen molar-refractivity contribution in [1.29, 1.82) is 5.26 Å². The first-order valence-corrected chi connectivity index (χ1v) is 5.68. The summed E-state index contributed by atoms with van der Waals surface area (Å²) in [6.45, 7) is 4.46. The number of ether oxygens (including phenoxy) is 1. The first-order chi connectivity index (χ1) is 7.86. The van der Waals surface area contributed by atoms with Crippen LogP contribution in [-0.4, -0.2) is 19.8 Å². The fourth-order valence-electron chi connectivity index (χ4n) is 1.31. The van der Waals surface area contributed by atoms with Gasteiger partial charge in [0.25, 0.3) is 0 Å². The monoisotopic (exact) mass is 218 g/mol. The molecule has 3 nitrogen and oxygen atoms in total. The maximum absolute atomic E-state index is 8.73. The van der Waals surface area contributed by atoms with E-state index >= 15 is 0 Å². The van der Waals surface area contributed by atoms with Crippen LogP contribution in [0.1, 0.15) is 25.3 Å². The summed E-state index contributed by atoms with van der Waals surface area (Å²) >= 11 is 0. The number of anilines is 1. The van der Waals surface area contributed by atoms with Crippen molar-refractivity contribution in [2.24, 2.45) is 0 Å². The lowest BCUT2D eigenvalue weighted by molar-refractivity contribution is 0.141. The highest BCUT2D eigenvalue weighted by atomic mass is 16.5. The molecule has 3 heteroatoms. The predicted octanol–water partition coefficient (Wildman–Crippen LogP) is 2.79. The normalized spacial score (nSPS) is 9.75. The van der Waals surface area contributed by atoms with Gasteiger partial charge in [0, 0.05) is 18.8 Å². The second-order valence-corrected chi connectivity index (χ2v) is 3.59. The minimum atomic E-state index is 0.678. The van der Waals surface area contributed by atoms with Crippen molar-refractivity contribution in [2.45, 2.75) is 19.8 Å². The number of hydrogen-bond donors (Lipinski definition) is 1. The van der Waals surface area contributed by atoms with E-state index in [1.54, 1.807) is 6.07 Å². The molecule has 0 saturated carbocycles. The molecule has 0 aliphatic rings. The van der Waals surface area contributed by atoms with Crippen LogP contribution in [-0.2, 0) is 4.74 Å². The zero-order chi connectivity index (χ0) is 11.6. The van der Waals surface area contributed by atoms with E-state index in [0.717, 1.165) is 31.7 Å². The Morgan fingerprint density at radius 1 is 1.38 bits per heavy atom. The summed E-state index contributed by atoms with van der Waals surface area (Å²) in [5.74, 6) is 0. The van der Waals surface area contributed by atoms with Crippen molar-refractivity contribution in [3.8, 4) is 6.07 Å². The zero-order valence-corrected chi connectivity index (χ0v) is 9.70. The first-order valence-electron chi connectivity index (χ1n) is 5.68. The van der Waals surface area contributed by atoms with E-state index in [1.807, 2.05) is 18.2 Å². The molecule has 0 aromatic heterocycles. The summed E-state index contributed by atoms with van der Waals surface area (Å²) in [6, 6.07) is 9.57. The van der Waals surface area contributed by atoms with Crippen LogP contribution in [0.2, 0.25) is 0 Å². The van der Waals surface area contributed by atoms with Crippen molar-refractivity contribution in [3.63, 3.8) is 0 Å². The van der Waals surface area contributed by atoms with Crippen LogP contribution < -0.4 is 5.32 Å². The quantitative estimate of drug-likeness (QED) is 0.716. The number of hydrogen-bond acceptors (Lipinski definition) is 3. The van der Waals surface area contributed by atoms with E-state index < -0.39 is 0 Å². The van der Waals surface area contributed by atoms with Gasteiger partial charge in [0.2, 0.25) is 0 Å². The Balaban J connectivity index is 2.19. The molecule has 86 valence electrons. The van der Waals surface area contributed by atoms with Gasteiger partial charge in [0.1, 0.15) is 0 Å². The van der Waals surface area contributed by atoms with Crippen molar-refractivity contribution in [1.82, 2.24) is 0 Å². The van der Waals surface area contributed by atoms with E-state index in [-0.39, 0.29) is 0 Å². The molecule has 0 radical (unpaired) electrons. The Morgan fingerprint density at radius 2 is 2.25 bits per heavy atom. The van der Waals surface area contributed by atoms with E-state index in [1.165, 1.54) is 0 Å². The van der Waals surface area contributed by atoms with Crippen LogP contribution in [0.5, 0.6) is 0 Å². The second kappa shape index (κ2) is 7.72. The fraction of sp³-hybridized carbons (Fsp3) is 0.462. The number of unbranched alkanes of at least 4 members (excludes halogenated alkanes) is 1. The van der Waals surface area contributed by atoms with Crippen LogP contribution in [0.3, 0.4) is 0 Å². The number of nitriles is 1. The van der Waals surface area contributed by atoms with E-state index in [4.69, 9.17) is 10.00 Å². The van der Waals surface area contributed by atoms with Crippen LogP contribution in [0.25, 0.3) is 0 Å². The molecule has 0 spiro atoms. The molecule has 0 aliphatic heterocycles. The Bertz CT molecular complexity index is 344. The summed E-state index contributed by atoms with van der Waals surface area (Å²) in [5, 5.41) is 11.9. The maximum Gasteiger partial charge on any atom is 0.0992 e. The second-order valence-electron chi connectivity index (χ2n) is 3.59. The summed E-state index contributed by atoms with van der Waals surface area (Å²) in [5.41, 5.74) is 1.65. The molecule has 1 N–H and O–H groups in total. The van der Waals surface area contributed by atoms with Gasteiger partial charge in [-0.1, -0.05) is 19.4 Å². The van der Waals surface area contributed by atoms with Crippen LogP contribution >= 0.6 is 0 Å². The van der Waals surface area contributed by atoms with Gasteiger partial charge in [-0.3, -0.25) is 0 Å². The van der Waals surface area contributed by atoms with Crippen LogP contribution in [0, 0.1) is 11.3 Å². The highest BCUT2D eigenvalue weighted by Crippen LogP contribution is 2.08. The lowest BCUT2D eigenvalue weighted by Gasteiger charge is -2.07. The van der Waals surface area contributed by atoms with Gasteiger partial charge < -0.3 is 10.1 Å². The number of nitrogens with zero attached hydrogens (tertiary/aromatic N) is 1. The van der Waals surface area contributed by atoms with Gasteiger partial charge in [-0.05, 0) is 24.6 Å². The highest BCUT2D eigenvalue weighted by molar-refractivity contribution is 5.48.